The van der Waals surface area contributed by atoms with Crippen molar-refractivity contribution in [1.82, 2.24) is 0 Å². The molecule has 1 amide bonds. The van der Waals surface area contributed by atoms with Crippen LogP contribution in [0.1, 0.15) is 47.1 Å². The minimum absolute atomic E-state index is 0.107. The average molecular weight is 279 g/mol. The van der Waals surface area contributed by atoms with Gasteiger partial charge in [-0.25, -0.2) is 0 Å². The maximum Gasteiger partial charge on any atom is 0.225 e. The Hall–Kier alpha value is -2.09. The van der Waals surface area contributed by atoms with Gasteiger partial charge in [0.05, 0.1) is 0 Å². The fourth-order valence-electron chi connectivity index (χ4n) is 3.01. The van der Waals surface area contributed by atoms with Crippen LogP contribution < -0.4 is 5.32 Å². The van der Waals surface area contributed by atoms with Crippen LogP contribution in [0.4, 0.5) is 5.69 Å². The van der Waals surface area contributed by atoms with Gasteiger partial charge in [-0.1, -0.05) is 37.3 Å². The Bertz CT molecular complexity index is 685. The maximum atomic E-state index is 12.0. The number of carbonyl (C=O) groups is 1. The molecule has 0 saturated heterocycles. The van der Waals surface area contributed by atoms with Crippen LogP contribution in [0.3, 0.4) is 0 Å². The van der Waals surface area contributed by atoms with Gasteiger partial charge in [0, 0.05) is 18.0 Å². The molecule has 0 bridgehead atoms. The highest BCUT2D eigenvalue weighted by Crippen LogP contribution is 2.38. The molecule has 1 aliphatic heterocycles. The number of nitrogens with one attached hydrogen (secondary N) is 1. The molecular weight excluding hydrogens is 258 g/mol. The fourth-order valence-corrected chi connectivity index (χ4v) is 3.01. The van der Waals surface area contributed by atoms with Crippen LogP contribution in [0.25, 0.3) is 0 Å². The lowest BCUT2D eigenvalue weighted by molar-refractivity contribution is -0.116. The van der Waals surface area contributed by atoms with Crippen molar-refractivity contribution in [3.8, 4) is 0 Å². The lowest BCUT2D eigenvalue weighted by Crippen LogP contribution is -2.23. The third kappa shape index (κ3) is 2.58. The summed E-state index contributed by atoms with van der Waals surface area (Å²) in [4.78, 5) is 12.0. The van der Waals surface area contributed by atoms with Crippen molar-refractivity contribution in [2.75, 3.05) is 5.32 Å². The Morgan fingerprint density at radius 3 is 2.43 bits per heavy atom. The molecule has 2 nitrogen and oxygen atoms in total. The molecule has 0 radical (unpaired) electrons. The Morgan fingerprint density at radius 2 is 1.76 bits per heavy atom. The second-order valence-electron chi connectivity index (χ2n) is 5.92. The zero-order chi connectivity index (χ0) is 15.0. The molecule has 0 unspecified atom stereocenters. The van der Waals surface area contributed by atoms with Crippen molar-refractivity contribution in [2.24, 2.45) is 0 Å². The first-order valence-electron chi connectivity index (χ1n) is 7.58. The third-order valence-electron chi connectivity index (χ3n) is 4.50. The van der Waals surface area contributed by atoms with E-state index in [0.29, 0.717) is 6.42 Å². The predicted octanol–water partition coefficient (Wildman–Crippen LogP) is 4.34. The van der Waals surface area contributed by atoms with E-state index in [-0.39, 0.29) is 11.8 Å². The van der Waals surface area contributed by atoms with Crippen LogP contribution >= 0.6 is 0 Å². The molecule has 0 aliphatic carbocycles. The highest BCUT2D eigenvalue weighted by Gasteiger charge is 2.26. The third-order valence-corrected chi connectivity index (χ3v) is 4.50. The topological polar surface area (TPSA) is 29.1 Å². The Balaban J connectivity index is 2.07. The first-order valence-corrected chi connectivity index (χ1v) is 7.58. The molecule has 108 valence electrons. The summed E-state index contributed by atoms with van der Waals surface area (Å²) in [5.74, 6) is 0.272. The smallest absolute Gasteiger partial charge is 0.225 e. The standard InChI is InChI=1S/C19H21NO/c1-4-14-5-7-15(8-6-14)16-11-19(21)20-18-10-13(3)12(2)9-17(16)18/h5-10,16H,4,11H2,1-3H3,(H,20,21)/t16-/m1/s1. The lowest BCUT2D eigenvalue weighted by atomic mass is 9.83. The van der Waals surface area contributed by atoms with E-state index in [1.54, 1.807) is 0 Å². The summed E-state index contributed by atoms with van der Waals surface area (Å²) < 4.78 is 0. The van der Waals surface area contributed by atoms with Gasteiger partial charge in [-0.3, -0.25) is 4.79 Å². The van der Waals surface area contributed by atoms with E-state index in [1.165, 1.54) is 27.8 Å². The van der Waals surface area contributed by atoms with Gasteiger partial charge in [0.1, 0.15) is 0 Å². The minimum atomic E-state index is 0.107. The molecule has 0 aromatic heterocycles. The van der Waals surface area contributed by atoms with Crippen LogP contribution in [0.2, 0.25) is 0 Å². The van der Waals surface area contributed by atoms with Crippen molar-refractivity contribution in [3.63, 3.8) is 0 Å². The molecule has 2 aromatic carbocycles. The molecule has 2 heteroatoms. The van der Waals surface area contributed by atoms with Crippen molar-refractivity contribution in [3.05, 3.63) is 64.2 Å². The van der Waals surface area contributed by atoms with Gasteiger partial charge in [-0.15, -0.1) is 0 Å². The van der Waals surface area contributed by atoms with Crippen LogP contribution in [-0.4, -0.2) is 5.91 Å². The van der Waals surface area contributed by atoms with E-state index in [2.05, 4.69) is 62.5 Å². The summed E-state index contributed by atoms with van der Waals surface area (Å²) in [6.45, 7) is 6.37. The van der Waals surface area contributed by atoms with Crippen LogP contribution in [0.15, 0.2) is 36.4 Å². The molecule has 1 N–H and O–H groups in total. The van der Waals surface area contributed by atoms with Crippen molar-refractivity contribution in [2.45, 2.75) is 39.5 Å². The minimum Gasteiger partial charge on any atom is -0.326 e. The number of anilines is 1. The Kier molecular flexibility index (Phi) is 3.54. The quantitative estimate of drug-likeness (QED) is 0.870. The van der Waals surface area contributed by atoms with Gasteiger partial charge < -0.3 is 5.32 Å². The van der Waals surface area contributed by atoms with Gasteiger partial charge in [0.25, 0.3) is 0 Å². The number of aryl methyl sites for hydroxylation is 3. The predicted molar refractivity (Wildman–Crippen MR) is 86.8 cm³/mol. The molecule has 21 heavy (non-hydrogen) atoms. The largest absolute Gasteiger partial charge is 0.326 e. The highest BCUT2D eigenvalue weighted by molar-refractivity contribution is 5.95. The zero-order valence-electron chi connectivity index (χ0n) is 12.9. The van der Waals surface area contributed by atoms with E-state index in [9.17, 15) is 4.79 Å². The van der Waals surface area contributed by atoms with Gasteiger partial charge in [-0.05, 0) is 54.2 Å². The number of carbonyl (C=O) groups excluding carboxylic acids is 1. The number of amides is 1. The Labute approximate surface area is 126 Å². The van der Waals surface area contributed by atoms with Gasteiger partial charge in [0.2, 0.25) is 5.91 Å². The summed E-state index contributed by atoms with van der Waals surface area (Å²) in [6, 6.07) is 13.0. The summed E-state index contributed by atoms with van der Waals surface area (Å²) in [5.41, 5.74) is 7.27. The summed E-state index contributed by atoms with van der Waals surface area (Å²) >= 11 is 0. The molecule has 2 aromatic rings. The molecule has 0 saturated carbocycles. The molecule has 1 aliphatic rings. The summed E-state index contributed by atoms with van der Waals surface area (Å²) in [5, 5.41) is 3.01. The number of hydrogen-bond donors (Lipinski definition) is 1. The van der Waals surface area contributed by atoms with Crippen LogP contribution in [0.5, 0.6) is 0 Å². The van der Waals surface area contributed by atoms with Crippen molar-refractivity contribution < 1.29 is 4.79 Å². The SMILES string of the molecule is CCc1ccc([C@H]2CC(=O)Nc3cc(C)c(C)cc32)cc1. The summed E-state index contributed by atoms with van der Waals surface area (Å²) in [6.07, 6.45) is 1.57. The lowest BCUT2D eigenvalue weighted by Gasteiger charge is -2.27. The van der Waals surface area contributed by atoms with E-state index >= 15 is 0 Å². The van der Waals surface area contributed by atoms with Gasteiger partial charge in [-0.2, -0.15) is 0 Å². The first-order chi connectivity index (χ1) is 10.1. The fraction of sp³-hybridized carbons (Fsp3) is 0.316. The molecule has 1 heterocycles. The van der Waals surface area contributed by atoms with E-state index in [0.717, 1.165) is 12.1 Å². The Morgan fingerprint density at radius 1 is 1.10 bits per heavy atom. The second-order valence-corrected chi connectivity index (χ2v) is 5.92. The molecule has 0 fully saturated rings. The van der Waals surface area contributed by atoms with E-state index < -0.39 is 0 Å². The number of benzene rings is 2. The molecule has 0 spiro atoms. The van der Waals surface area contributed by atoms with Crippen molar-refractivity contribution >= 4 is 11.6 Å². The van der Waals surface area contributed by atoms with Crippen LogP contribution in [0, 0.1) is 13.8 Å². The number of fused-ring (bicyclic) bond motifs is 1. The van der Waals surface area contributed by atoms with E-state index in [1.807, 2.05) is 0 Å². The van der Waals surface area contributed by atoms with Crippen LogP contribution in [-0.2, 0) is 11.2 Å². The highest BCUT2D eigenvalue weighted by atomic mass is 16.1. The van der Waals surface area contributed by atoms with Gasteiger partial charge in [0.15, 0.2) is 0 Å². The number of rotatable bonds is 2. The normalized spacial score (nSPS) is 17.3. The monoisotopic (exact) mass is 279 g/mol. The molecular formula is C19H21NO. The first kappa shape index (κ1) is 13.9. The number of hydrogen-bond acceptors (Lipinski definition) is 1. The second kappa shape index (κ2) is 5.36. The average Bonchev–Trinajstić information content (AvgIpc) is 2.48. The molecule has 3 rings (SSSR count). The van der Waals surface area contributed by atoms with Gasteiger partial charge >= 0.3 is 0 Å². The van der Waals surface area contributed by atoms with Crippen molar-refractivity contribution in [1.29, 1.82) is 0 Å². The maximum absolute atomic E-state index is 12.0. The van der Waals surface area contributed by atoms with E-state index in [4.69, 9.17) is 0 Å². The molecule has 1 atom stereocenters. The zero-order valence-corrected chi connectivity index (χ0v) is 12.9. The summed E-state index contributed by atoms with van der Waals surface area (Å²) in [7, 11) is 0.